The summed E-state index contributed by atoms with van der Waals surface area (Å²) in [5.74, 6) is -1.09. The van der Waals surface area contributed by atoms with Crippen molar-refractivity contribution < 1.29 is 23.9 Å². The number of nitrogens with zero attached hydrogens (tertiary/aromatic N) is 1. The lowest BCUT2D eigenvalue weighted by Crippen LogP contribution is -2.38. The molecule has 24 heavy (non-hydrogen) atoms. The predicted molar refractivity (Wildman–Crippen MR) is 87.8 cm³/mol. The molecule has 0 atom stereocenters. The van der Waals surface area contributed by atoms with Gasteiger partial charge in [0.15, 0.2) is 0 Å². The van der Waals surface area contributed by atoms with E-state index in [9.17, 15) is 19.2 Å². The first-order valence-electron chi connectivity index (χ1n) is 8.13. The van der Waals surface area contributed by atoms with Crippen LogP contribution < -0.4 is 5.32 Å². The van der Waals surface area contributed by atoms with Gasteiger partial charge < -0.3 is 10.1 Å². The topological polar surface area (TPSA) is 92.8 Å². The van der Waals surface area contributed by atoms with Crippen molar-refractivity contribution in [2.24, 2.45) is 0 Å². The van der Waals surface area contributed by atoms with E-state index in [0.717, 1.165) is 4.90 Å². The molecule has 1 heterocycles. The first-order chi connectivity index (χ1) is 11.1. The highest BCUT2D eigenvalue weighted by molar-refractivity contribution is 6.15. The summed E-state index contributed by atoms with van der Waals surface area (Å²) in [5.41, 5.74) is -0.0833. The average molecular weight is 338 g/mol. The number of hydrogen-bond acceptors (Lipinski definition) is 5. The standard InChI is InChI=1S/C17H26N2O5/c1-12-11-14(21)19(16(12)23)10-9-18-13(20)7-5-6-8-15(22)24-17(2,3)4/h11H,5-10H2,1-4H3,(H,18,20). The van der Waals surface area contributed by atoms with Crippen LogP contribution in [0.15, 0.2) is 11.6 Å². The van der Waals surface area contributed by atoms with Crippen LogP contribution >= 0.6 is 0 Å². The minimum Gasteiger partial charge on any atom is -0.460 e. The van der Waals surface area contributed by atoms with Crippen LogP contribution in [-0.2, 0) is 23.9 Å². The van der Waals surface area contributed by atoms with Crippen LogP contribution in [0.4, 0.5) is 0 Å². The highest BCUT2D eigenvalue weighted by Crippen LogP contribution is 2.11. The lowest BCUT2D eigenvalue weighted by atomic mass is 10.1. The van der Waals surface area contributed by atoms with E-state index in [4.69, 9.17) is 4.74 Å². The maximum Gasteiger partial charge on any atom is 0.306 e. The molecule has 7 nitrogen and oxygen atoms in total. The van der Waals surface area contributed by atoms with Gasteiger partial charge in [0.25, 0.3) is 11.8 Å². The number of amides is 3. The molecule has 1 aliphatic rings. The molecular formula is C17H26N2O5. The lowest BCUT2D eigenvalue weighted by molar-refractivity contribution is -0.155. The molecule has 0 unspecified atom stereocenters. The molecule has 0 radical (unpaired) electrons. The minimum atomic E-state index is -0.494. The normalized spacial score (nSPS) is 14.7. The van der Waals surface area contributed by atoms with Crippen LogP contribution in [0.25, 0.3) is 0 Å². The van der Waals surface area contributed by atoms with Crippen LogP contribution in [-0.4, -0.2) is 47.3 Å². The highest BCUT2D eigenvalue weighted by atomic mass is 16.6. The average Bonchev–Trinajstić information content (AvgIpc) is 2.68. The zero-order chi connectivity index (χ0) is 18.3. The summed E-state index contributed by atoms with van der Waals surface area (Å²) in [7, 11) is 0. The van der Waals surface area contributed by atoms with E-state index < -0.39 is 5.60 Å². The predicted octanol–water partition coefficient (Wildman–Crippen LogP) is 1.32. The van der Waals surface area contributed by atoms with Gasteiger partial charge in [-0.1, -0.05) is 0 Å². The number of hydrogen-bond donors (Lipinski definition) is 1. The van der Waals surface area contributed by atoms with Crippen LogP contribution in [0.5, 0.6) is 0 Å². The summed E-state index contributed by atoms with van der Waals surface area (Å²) in [5, 5.41) is 2.67. The first kappa shape index (κ1) is 19.9. The molecule has 0 aromatic rings. The van der Waals surface area contributed by atoms with Gasteiger partial charge in [0.2, 0.25) is 5.91 Å². The summed E-state index contributed by atoms with van der Waals surface area (Å²) in [4.78, 5) is 47.5. The fraction of sp³-hybridized carbons (Fsp3) is 0.647. The van der Waals surface area contributed by atoms with Crippen LogP contribution in [0.1, 0.15) is 53.4 Å². The van der Waals surface area contributed by atoms with Gasteiger partial charge in [-0.2, -0.15) is 0 Å². The molecule has 7 heteroatoms. The summed E-state index contributed by atoms with van der Waals surface area (Å²) >= 11 is 0. The van der Waals surface area contributed by atoms with Crippen LogP contribution in [0.2, 0.25) is 0 Å². The van der Waals surface area contributed by atoms with E-state index in [0.29, 0.717) is 24.8 Å². The summed E-state index contributed by atoms with van der Waals surface area (Å²) < 4.78 is 5.18. The van der Waals surface area contributed by atoms with Gasteiger partial charge in [-0.3, -0.25) is 24.1 Å². The zero-order valence-corrected chi connectivity index (χ0v) is 14.8. The molecule has 1 N–H and O–H groups in total. The van der Waals surface area contributed by atoms with Crippen molar-refractivity contribution in [2.75, 3.05) is 13.1 Å². The third kappa shape index (κ3) is 6.93. The number of rotatable bonds is 8. The number of carbonyl (C=O) groups is 4. The Bertz CT molecular complexity index is 546. The van der Waals surface area contributed by atoms with Gasteiger partial charge in [0.05, 0.1) is 0 Å². The van der Waals surface area contributed by atoms with Gasteiger partial charge in [-0.05, 0) is 40.5 Å². The van der Waals surface area contributed by atoms with E-state index >= 15 is 0 Å². The Kier molecular flexibility index (Phi) is 7.13. The number of carbonyl (C=O) groups excluding carboxylic acids is 4. The van der Waals surface area contributed by atoms with Gasteiger partial charge in [-0.25, -0.2) is 0 Å². The molecule has 134 valence electrons. The number of ether oxygens (including phenoxy) is 1. The van der Waals surface area contributed by atoms with E-state index in [-0.39, 0.29) is 43.2 Å². The van der Waals surface area contributed by atoms with Gasteiger partial charge >= 0.3 is 5.97 Å². The second kappa shape index (κ2) is 8.61. The minimum absolute atomic E-state index is 0.162. The van der Waals surface area contributed by atoms with Crippen LogP contribution in [0.3, 0.4) is 0 Å². The Morgan fingerprint density at radius 2 is 1.79 bits per heavy atom. The Hall–Kier alpha value is -2.18. The van der Waals surface area contributed by atoms with Crippen molar-refractivity contribution in [3.8, 4) is 0 Å². The van der Waals surface area contributed by atoms with Crippen molar-refractivity contribution in [3.63, 3.8) is 0 Å². The molecule has 0 aromatic heterocycles. The second-order valence-corrected chi connectivity index (χ2v) is 6.77. The second-order valence-electron chi connectivity index (χ2n) is 6.77. The lowest BCUT2D eigenvalue weighted by Gasteiger charge is -2.19. The largest absolute Gasteiger partial charge is 0.460 e. The molecule has 3 amide bonds. The fourth-order valence-corrected chi connectivity index (χ4v) is 2.19. The molecule has 0 bridgehead atoms. The highest BCUT2D eigenvalue weighted by Gasteiger charge is 2.27. The Balaban J connectivity index is 2.12. The van der Waals surface area contributed by atoms with Gasteiger partial charge in [0, 0.05) is 37.6 Å². The molecule has 0 saturated heterocycles. The SMILES string of the molecule is CC1=CC(=O)N(CCNC(=O)CCCCC(=O)OC(C)(C)C)C1=O. The number of unbranched alkanes of at least 4 members (excludes halogenated alkanes) is 1. The Morgan fingerprint density at radius 3 is 2.33 bits per heavy atom. The molecule has 1 rings (SSSR count). The van der Waals surface area contributed by atoms with Crippen LogP contribution in [0, 0.1) is 0 Å². The summed E-state index contributed by atoms with van der Waals surface area (Å²) in [6, 6.07) is 0. The molecule has 0 saturated carbocycles. The van der Waals surface area contributed by atoms with E-state index in [1.54, 1.807) is 6.92 Å². The van der Waals surface area contributed by atoms with Crippen molar-refractivity contribution in [2.45, 2.75) is 59.0 Å². The molecule has 1 aliphatic heterocycles. The number of imide groups is 1. The summed E-state index contributed by atoms with van der Waals surface area (Å²) in [6.45, 7) is 7.41. The fourth-order valence-electron chi connectivity index (χ4n) is 2.19. The third-order valence-electron chi connectivity index (χ3n) is 3.30. The van der Waals surface area contributed by atoms with E-state index in [1.807, 2.05) is 20.8 Å². The number of nitrogens with one attached hydrogen (secondary N) is 1. The Labute approximate surface area is 142 Å². The first-order valence-corrected chi connectivity index (χ1v) is 8.13. The third-order valence-corrected chi connectivity index (χ3v) is 3.30. The van der Waals surface area contributed by atoms with E-state index in [2.05, 4.69) is 5.32 Å². The van der Waals surface area contributed by atoms with Crippen molar-refractivity contribution in [1.29, 1.82) is 0 Å². The molecule has 0 fully saturated rings. The monoisotopic (exact) mass is 338 g/mol. The van der Waals surface area contributed by atoms with Gasteiger partial charge in [-0.15, -0.1) is 0 Å². The molecule has 0 aromatic carbocycles. The van der Waals surface area contributed by atoms with Crippen molar-refractivity contribution >= 4 is 23.7 Å². The molecule has 0 spiro atoms. The molecule has 0 aliphatic carbocycles. The smallest absolute Gasteiger partial charge is 0.306 e. The zero-order valence-electron chi connectivity index (χ0n) is 14.8. The van der Waals surface area contributed by atoms with Crippen molar-refractivity contribution in [3.05, 3.63) is 11.6 Å². The Morgan fingerprint density at radius 1 is 1.17 bits per heavy atom. The quantitative estimate of drug-likeness (QED) is 0.409. The molecular weight excluding hydrogens is 312 g/mol. The van der Waals surface area contributed by atoms with Crippen molar-refractivity contribution in [1.82, 2.24) is 10.2 Å². The van der Waals surface area contributed by atoms with E-state index in [1.165, 1.54) is 6.08 Å². The number of esters is 1. The summed E-state index contributed by atoms with van der Waals surface area (Å²) in [6.07, 6.45) is 3.02. The van der Waals surface area contributed by atoms with Gasteiger partial charge in [0.1, 0.15) is 5.60 Å². The maximum atomic E-state index is 11.7. The maximum absolute atomic E-state index is 11.7.